The highest BCUT2D eigenvalue weighted by Gasteiger charge is 2.30. The van der Waals surface area contributed by atoms with E-state index < -0.39 is 20.0 Å². The van der Waals surface area contributed by atoms with E-state index in [1.54, 1.807) is 0 Å². The summed E-state index contributed by atoms with van der Waals surface area (Å²) in [7, 11) is 1.48. The molecule has 2 N–H and O–H groups in total. The van der Waals surface area contributed by atoms with E-state index in [0.717, 1.165) is 89.9 Å². The lowest BCUT2D eigenvalue weighted by molar-refractivity contribution is -0.870. The molecule has 0 radical (unpaired) electrons. The highest BCUT2D eigenvalue weighted by molar-refractivity contribution is 7.47. The fourth-order valence-corrected chi connectivity index (χ4v) is 8.61. The van der Waals surface area contributed by atoms with Crippen molar-refractivity contribution in [2.75, 3.05) is 40.9 Å². The molecule has 0 aromatic heterocycles. The Morgan fingerprint density at radius 1 is 0.529 bits per heavy atom. The molecule has 1 amide bonds. The predicted molar refractivity (Wildman–Crippen MR) is 291 cm³/mol. The number of hydrogen-bond donors (Lipinski definition) is 2. The number of hydrogen-bond acceptors (Lipinski definition) is 6. The maximum Gasteiger partial charge on any atom is 0.472 e. The number of esters is 1. The molecule has 0 fully saturated rings. The van der Waals surface area contributed by atoms with Gasteiger partial charge in [0, 0.05) is 12.8 Å². The summed E-state index contributed by atoms with van der Waals surface area (Å²) in [6.07, 6.45) is 59.3. The van der Waals surface area contributed by atoms with Crippen molar-refractivity contribution < 1.29 is 37.3 Å². The second-order valence-electron chi connectivity index (χ2n) is 20.1. The van der Waals surface area contributed by atoms with Crippen LogP contribution in [0.2, 0.25) is 0 Å². The van der Waals surface area contributed by atoms with Crippen LogP contribution in [0, 0.1) is 0 Å². The molecule has 10 heteroatoms. The molecule has 0 saturated carbocycles. The summed E-state index contributed by atoms with van der Waals surface area (Å²) in [5.41, 5.74) is 0. The molecule has 0 aromatic carbocycles. The van der Waals surface area contributed by atoms with E-state index in [4.69, 9.17) is 13.8 Å². The van der Waals surface area contributed by atoms with Crippen LogP contribution in [0.5, 0.6) is 0 Å². The molecule has 0 heterocycles. The lowest BCUT2D eigenvalue weighted by Gasteiger charge is -2.27. The molecule has 0 aliphatic carbocycles. The van der Waals surface area contributed by atoms with E-state index >= 15 is 0 Å². The molecule has 0 aromatic rings. The summed E-state index contributed by atoms with van der Waals surface area (Å²) in [5.74, 6) is -0.534. The lowest BCUT2D eigenvalue weighted by atomic mass is 10.0. The zero-order valence-electron chi connectivity index (χ0n) is 45.1. The quantitative estimate of drug-likeness (QED) is 0.0156. The Morgan fingerprint density at radius 2 is 0.956 bits per heavy atom. The van der Waals surface area contributed by atoms with Gasteiger partial charge in [0.25, 0.3) is 0 Å². The molecule has 0 saturated heterocycles. The Bertz CT molecular complexity index is 1350. The van der Waals surface area contributed by atoms with Crippen molar-refractivity contribution in [1.82, 2.24) is 5.32 Å². The Morgan fingerprint density at radius 3 is 1.44 bits per heavy atom. The number of nitrogens with one attached hydrogen (secondary N) is 1. The topological polar surface area (TPSA) is 111 Å². The van der Waals surface area contributed by atoms with Crippen molar-refractivity contribution in [2.45, 2.75) is 258 Å². The second kappa shape index (κ2) is 48.3. The number of carbonyl (C=O) groups excluding carboxylic acids is 2. The van der Waals surface area contributed by atoms with Crippen LogP contribution in [0.15, 0.2) is 60.8 Å². The number of nitrogens with zero attached hydrogens (tertiary/aromatic N) is 1. The lowest BCUT2D eigenvalue weighted by Crippen LogP contribution is -2.47. The van der Waals surface area contributed by atoms with Crippen molar-refractivity contribution >= 4 is 19.7 Å². The molecule has 68 heavy (non-hydrogen) atoms. The summed E-state index contributed by atoms with van der Waals surface area (Å²) in [5, 5.41) is 3.04. The van der Waals surface area contributed by atoms with Gasteiger partial charge in [0.2, 0.25) is 5.91 Å². The molecular formula is C58H108N2O7P+. The van der Waals surface area contributed by atoms with Gasteiger partial charge in [0.05, 0.1) is 33.8 Å². The van der Waals surface area contributed by atoms with Crippen LogP contribution < -0.4 is 5.32 Å². The molecule has 0 aliphatic rings. The van der Waals surface area contributed by atoms with E-state index in [1.165, 1.54) is 116 Å². The standard InChI is InChI=1S/C58H107N2O7P/c1-7-10-13-16-19-22-25-28-29-30-31-33-35-38-41-44-47-50-57(61)59-55(54-66-68(63,64)65-53-52-60(4,5)6)56(49-46-43-40-37-34-27-24-21-18-15-12-9-3)67-58(62)51-48-45-42-39-36-32-26-23-20-17-14-11-8-2/h11,14,17,20,23,26,28-29,46,49,55-56H,7-10,12-13,15-16,18-19,21-22,24-25,27,30-45,47-48,50-54H2,1-6H3,(H-,59,61,63,64)/p+1/b14-11+,20-17+,26-23-,29-28+,49-46-. The second-order valence-corrected chi connectivity index (χ2v) is 21.6. The third kappa shape index (κ3) is 48.7. The number of phosphoric ester groups is 1. The summed E-state index contributed by atoms with van der Waals surface area (Å²) in [6, 6.07) is -0.858. The fraction of sp³-hybridized carbons (Fsp3) is 0.793. The van der Waals surface area contributed by atoms with Gasteiger partial charge in [-0.3, -0.25) is 18.6 Å². The van der Waals surface area contributed by atoms with E-state index in [9.17, 15) is 19.0 Å². The number of allylic oxidation sites excluding steroid dienone is 9. The first-order valence-electron chi connectivity index (χ1n) is 28.1. The first-order valence-corrected chi connectivity index (χ1v) is 29.6. The van der Waals surface area contributed by atoms with E-state index in [0.29, 0.717) is 23.9 Å². The van der Waals surface area contributed by atoms with Gasteiger partial charge in [-0.25, -0.2) is 4.57 Å². The number of carbonyl (C=O) groups is 2. The molecule has 0 aliphatic heterocycles. The van der Waals surface area contributed by atoms with Gasteiger partial charge in [0.1, 0.15) is 19.3 Å². The van der Waals surface area contributed by atoms with E-state index in [2.05, 4.69) is 74.7 Å². The van der Waals surface area contributed by atoms with Gasteiger partial charge < -0.3 is 19.4 Å². The van der Waals surface area contributed by atoms with Crippen molar-refractivity contribution in [2.24, 2.45) is 0 Å². The Labute approximate surface area is 420 Å². The van der Waals surface area contributed by atoms with Crippen LogP contribution in [0.3, 0.4) is 0 Å². The normalized spacial score (nSPS) is 14.3. The Kier molecular flexibility index (Phi) is 46.7. The first kappa shape index (κ1) is 65.7. The summed E-state index contributed by atoms with van der Waals surface area (Å²) in [4.78, 5) is 37.5. The molecule has 0 bridgehead atoms. The van der Waals surface area contributed by atoms with Gasteiger partial charge >= 0.3 is 13.8 Å². The van der Waals surface area contributed by atoms with Gasteiger partial charge in [-0.2, -0.15) is 0 Å². The third-order valence-corrected chi connectivity index (χ3v) is 13.2. The highest BCUT2D eigenvalue weighted by atomic mass is 31.2. The maximum absolute atomic E-state index is 13.5. The molecule has 3 unspecified atom stereocenters. The maximum atomic E-state index is 13.5. The number of amides is 1. The van der Waals surface area contributed by atoms with Gasteiger partial charge in [-0.1, -0.05) is 217 Å². The first-order chi connectivity index (χ1) is 32.9. The number of likely N-dealkylation sites (N-methyl/N-ethyl adjacent to an activating group) is 1. The average Bonchev–Trinajstić information content (AvgIpc) is 3.29. The molecule has 0 rings (SSSR count). The summed E-state index contributed by atoms with van der Waals surface area (Å²) < 4.78 is 30.6. The van der Waals surface area contributed by atoms with Crippen LogP contribution in [0.4, 0.5) is 0 Å². The fourth-order valence-electron chi connectivity index (χ4n) is 7.88. The summed E-state index contributed by atoms with van der Waals surface area (Å²) in [6.45, 7) is 6.85. The zero-order chi connectivity index (χ0) is 50.1. The van der Waals surface area contributed by atoms with Crippen molar-refractivity contribution in [3.8, 4) is 0 Å². The van der Waals surface area contributed by atoms with E-state index in [-0.39, 0.29) is 31.5 Å². The van der Waals surface area contributed by atoms with Crippen molar-refractivity contribution in [3.05, 3.63) is 60.8 Å². The smallest absolute Gasteiger partial charge is 0.456 e. The van der Waals surface area contributed by atoms with Crippen LogP contribution >= 0.6 is 7.82 Å². The molecule has 0 spiro atoms. The molecule has 9 nitrogen and oxygen atoms in total. The third-order valence-electron chi connectivity index (χ3n) is 12.3. The van der Waals surface area contributed by atoms with Gasteiger partial charge in [-0.05, 0) is 76.7 Å². The van der Waals surface area contributed by atoms with Crippen LogP contribution in [-0.4, -0.2) is 74.3 Å². The van der Waals surface area contributed by atoms with Gasteiger partial charge in [-0.15, -0.1) is 0 Å². The summed E-state index contributed by atoms with van der Waals surface area (Å²) >= 11 is 0. The van der Waals surface area contributed by atoms with Crippen LogP contribution in [-0.2, 0) is 27.9 Å². The number of quaternary nitrogens is 1. The number of rotatable bonds is 50. The van der Waals surface area contributed by atoms with Gasteiger partial charge in [0.15, 0.2) is 0 Å². The Hall–Kier alpha value is -2.29. The zero-order valence-corrected chi connectivity index (χ0v) is 46.0. The number of ether oxygens (including phenoxy) is 1. The van der Waals surface area contributed by atoms with Crippen molar-refractivity contribution in [1.29, 1.82) is 0 Å². The minimum Gasteiger partial charge on any atom is -0.456 e. The SMILES string of the molecule is CC/C=C/C=C/C=C\CCCCCCCC(=O)OC(/C=C\CCCCCCCCCCCC)C(COP(=O)(O)OCC[N+](C)(C)C)NC(=O)CCCCCCCCC/C=C/CCCCCCCC. The largest absolute Gasteiger partial charge is 0.472 e. The molecular weight excluding hydrogens is 868 g/mol. The minimum atomic E-state index is -4.45. The predicted octanol–water partition coefficient (Wildman–Crippen LogP) is 16.7. The number of phosphoric acid groups is 1. The average molecular weight is 976 g/mol. The van der Waals surface area contributed by atoms with Crippen LogP contribution in [0.25, 0.3) is 0 Å². The molecule has 396 valence electrons. The van der Waals surface area contributed by atoms with E-state index in [1.807, 2.05) is 33.3 Å². The number of unbranched alkanes of at least 4 members (excludes halogenated alkanes) is 28. The monoisotopic (exact) mass is 976 g/mol. The minimum absolute atomic E-state index is 0.0345. The molecule has 3 atom stereocenters. The van der Waals surface area contributed by atoms with Crippen molar-refractivity contribution in [3.63, 3.8) is 0 Å². The Balaban J connectivity index is 5.38. The highest BCUT2D eigenvalue weighted by Crippen LogP contribution is 2.43. The van der Waals surface area contributed by atoms with Crippen LogP contribution in [0.1, 0.15) is 245 Å².